The maximum atomic E-state index is 6.07. The molecule has 0 amide bonds. The van der Waals surface area contributed by atoms with Crippen LogP contribution in [0.3, 0.4) is 0 Å². The number of rotatable bonds is 5. The van der Waals surface area contributed by atoms with Crippen LogP contribution in [0.1, 0.15) is 11.3 Å². The van der Waals surface area contributed by atoms with E-state index in [1.165, 1.54) is 16.9 Å². The molecular weight excluding hydrogens is 351 g/mol. The van der Waals surface area contributed by atoms with E-state index in [-0.39, 0.29) is 0 Å². The molecule has 0 aliphatic heterocycles. The van der Waals surface area contributed by atoms with Gasteiger partial charge in [0.25, 0.3) is 0 Å². The number of hydrogen-bond acceptors (Lipinski definition) is 4. The lowest BCUT2D eigenvalue weighted by Crippen LogP contribution is -1.97. The number of thiazole rings is 1. The van der Waals surface area contributed by atoms with Crippen LogP contribution in [0.4, 0.5) is 10.8 Å². The van der Waals surface area contributed by atoms with Gasteiger partial charge in [0, 0.05) is 22.2 Å². The molecule has 3 rings (SSSR count). The fourth-order valence-electron chi connectivity index (χ4n) is 1.93. The van der Waals surface area contributed by atoms with Crippen molar-refractivity contribution in [2.75, 3.05) is 5.32 Å². The van der Waals surface area contributed by atoms with Gasteiger partial charge in [-0.1, -0.05) is 40.9 Å². The van der Waals surface area contributed by atoms with E-state index in [0.717, 1.165) is 16.5 Å². The Kier molecular flexibility index (Phi) is 5.06. The van der Waals surface area contributed by atoms with Gasteiger partial charge in [-0.3, -0.25) is 0 Å². The number of aryl methyl sites for hydroxylation is 1. The first-order valence-corrected chi connectivity index (χ1v) is 8.60. The third kappa shape index (κ3) is 4.38. The van der Waals surface area contributed by atoms with Crippen molar-refractivity contribution in [3.63, 3.8) is 0 Å². The molecule has 0 radical (unpaired) electrons. The summed E-state index contributed by atoms with van der Waals surface area (Å²) in [5.41, 5.74) is 3.07. The van der Waals surface area contributed by atoms with Gasteiger partial charge in [0.05, 0.1) is 10.7 Å². The van der Waals surface area contributed by atoms with Crippen molar-refractivity contribution < 1.29 is 4.74 Å². The fraction of sp³-hybridized carbons (Fsp3) is 0.118. The minimum atomic E-state index is 0.339. The number of hydrogen-bond donors (Lipinski definition) is 1. The van der Waals surface area contributed by atoms with Crippen molar-refractivity contribution >= 4 is 45.4 Å². The van der Waals surface area contributed by atoms with Crippen molar-refractivity contribution in [1.29, 1.82) is 0 Å². The standard InChI is InChI=1S/C17H14Cl2N2OS/c1-11-2-5-13(6-3-11)20-17-21-14(10-23-17)9-22-16-8-12(18)4-7-15(16)19/h2-8,10H,9H2,1H3,(H,20,21). The molecule has 0 unspecified atom stereocenters. The van der Waals surface area contributed by atoms with E-state index < -0.39 is 0 Å². The first-order chi connectivity index (χ1) is 11.1. The summed E-state index contributed by atoms with van der Waals surface area (Å²) in [5.74, 6) is 0.556. The van der Waals surface area contributed by atoms with Crippen LogP contribution in [0.2, 0.25) is 10.0 Å². The highest BCUT2D eigenvalue weighted by atomic mass is 35.5. The number of benzene rings is 2. The van der Waals surface area contributed by atoms with Gasteiger partial charge < -0.3 is 10.1 Å². The molecule has 0 saturated carbocycles. The van der Waals surface area contributed by atoms with Crippen molar-refractivity contribution in [2.45, 2.75) is 13.5 Å². The Labute approximate surface area is 148 Å². The third-order valence-corrected chi connectivity index (χ3v) is 4.48. The Hall–Kier alpha value is -1.75. The predicted octanol–water partition coefficient (Wildman–Crippen LogP) is 6.08. The normalized spacial score (nSPS) is 10.6. The zero-order valence-electron chi connectivity index (χ0n) is 12.3. The summed E-state index contributed by atoms with van der Waals surface area (Å²) in [6, 6.07) is 13.3. The molecule has 2 aromatic carbocycles. The largest absolute Gasteiger partial charge is 0.486 e. The maximum absolute atomic E-state index is 6.07. The first kappa shape index (κ1) is 16.1. The van der Waals surface area contributed by atoms with E-state index in [1.807, 2.05) is 17.5 Å². The molecule has 0 atom stereocenters. The van der Waals surface area contributed by atoms with E-state index in [2.05, 4.69) is 29.4 Å². The molecule has 0 aliphatic carbocycles. The minimum Gasteiger partial charge on any atom is -0.486 e. The summed E-state index contributed by atoms with van der Waals surface area (Å²) in [6.07, 6.45) is 0. The summed E-state index contributed by atoms with van der Waals surface area (Å²) in [5, 5.41) is 7.17. The topological polar surface area (TPSA) is 34.2 Å². The lowest BCUT2D eigenvalue weighted by molar-refractivity contribution is 0.302. The average Bonchev–Trinajstić information content (AvgIpc) is 2.98. The van der Waals surface area contributed by atoms with Crippen LogP contribution in [0.25, 0.3) is 0 Å². The van der Waals surface area contributed by atoms with E-state index in [1.54, 1.807) is 18.2 Å². The summed E-state index contributed by atoms with van der Waals surface area (Å²) in [6.45, 7) is 2.40. The number of nitrogens with zero attached hydrogens (tertiary/aromatic N) is 1. The summed E-state index contributed by atoms with van der Waals surface area (Å²) in [7, 11) is 0. The second kappa shape index (κ2) is 7.21. The van der Waals surface area contributed by atoms with Gasteiger partial charge in [-0.15, -0.1) is 11.3 Å². The third-order valence-electron chi connectivity index (χ3n) is 3.12. The summed E-state index contributed by atoms with van der Waals surface area (Å²) in [4.78, 5) is 4.50. The second-order valence-corrected chi connectivity index (χ2v) is 6.70. The number of halogens is 2. The maximum Gasteiger partial charge on any atom is 0.187 e. The number of nitrogens with one attached hydrogen (secondary N) is 1. The van der Waals surface area contributed by atoms with E-state index >= 15 is 0 Å². The van der Waals surface area contributed by atoms with Gasteiger partial charge in [-0.2, -0.15) is 0 Å². The Balaban J connectivity index is 1.63. The Bertz CT molecular complexity index is 803. The van der Waals surface area contributed by atoms with Crippen molar-refractivity contribution in [3.05, 3.63) is 69.1 Å². The molecule has 1 heterocycles. The zero-order chi connectivity index (χ0) is 16.2. The molecule has 1 N–H and O–H groups in total. The lowest BCUT2D eigenvalue weighted by atomic mass is 10.2. The quantitative estimate of drug-likeness (QED) is 0.595. The molecule has 3 nitrogen and oxygen atoms in total. The minimum absolute atomic E-state index is 0.339. The molecule has 23 heavy (non-hydrogen) atoms. The highest BCUT2D eigenvalue weighted by Crippen LogP contribution is 2.29. The molecule has 0 fully saturated rings. The number of aromatic nitrogens is 1. The van der Waals surface area contributed by atoms with Crippen LogP contribution in [0.15, 0.2) is 47.8 Å². The van der Waals surface area contributed by atoms with Crippen molar-refractivity contribution in [3.8, 4) is 5.75 Å². The highest BCUT2D eigenvalue weighted by Gasteiger charge is 2.06. The molecule has 3 aromatic rings. The predicted molar refractivity (Wildman–Crippen MR) is 97.4 cm³/mol. The summed E-state index contributed by atoms with van der Waals surface area (Å²) >= 11 is 13.5. The first-order valence-electron chi connectivity index (χ1n) is 6.96. The second-order valence-electron chi connectivity index (χ2n) is 5.00. The van der Waals surface area contributed by atoms with Crippen LogP contribution in [-0.2, 0) is 6.61 Å². The molecular formula is C17H14Cl2N2OS. The molecule has 1 aromatic heterocycles. The van der Waals surface area contributed by atoms with Gasteiger partial charge in [-0.25, -0.2) is 4.98 Å². The SMILES string of the molecule is Cc1ccc(Nc2nc(COc3cc(Cl)ccc3Cl)cs2)cc1. The van der Waals surface area contributed by atoms with E-state index in [4.69, 9.17) is 27.9 Å². The van der Waals surface area contributed by atoms with Gasteiger partial charge in [0.2, 0.25) is 0 Å². The molecule has 118 valence electrons. The van der Waals surface area contributed by atoms with Crippen molar-refractivity contribution in [1.82, 2.24) is 4.98 Å². The number of ether oxygens (including phenoxy) is 1. The molecule has 0 saturated heterocycles. The Morgan fingerprint density at radius 2 is 1.91 bits per heavy atom. The van der Waals surface area contributed by atoms with Gasteiger partial charge >= 0.3 is 0 Å². The van der Waals surface area contributed by atoms with Crippen LogP contribution in [0, 0.1) is 6.92 Å². The van der Waals surface area contributed by atoms with Crippen LogP contribution in [-0.4, -0.2) is 4.98 Å². The van der Waals surface area contributed by atoms with Gasteiger partial charge in [0.1, 0.15) is 12.4 Å². The summed E-state index contributed by atoms with van der Waals surface area (Å²) < 4.78 is 5.68. The molecule has 0 spiro atoms. The zero-order valence-corrected chi connectivity index (χ0v) is 14.7. The monoisotopic (exact) mass is 364 g/mol. The number of anilines is 2. The highest BCUT2D eigenvalue weighted by molar-refractivity contribution is 7.13. The van der Waals surface area contributed by atoms with E-state index in [9.17, 15) is 0 Å². The van der Waals surface area contributed by atoms with Crippen LogP contribution < -0.4 is 10.1 Å². The Morgan fingerprint density at radius 1 is 1.13 bits per heavy atom. The lowest BCUT2D eigenvalue weighted by Gasteiger charge is -2.06. The molecule has 0 aliphatic rings. The van der Waals surface area contributed by atoms with E-state index in [0.29, 0.717) is 22.4 Å². The Morgan fingerprint density at radius 3 is 2.70 bits per heavy atom. The average molecular weight is 365 g/mol. The van der Waals surface area contributed by atoms with Crippen LogP contribution >= 0.6 is 34.5 Å². The van der Waals surface area contributed by atoms with Gasteiger partial charge in [0.15, 0.2) is 5.13 Å². The molecule has 0 bridgehead atoms. The molecule has 6 heteroatoms. The van der Waals surface area contributed by atoms with Crippen molar-refractivity contribution in [2.24, 2.45) is 0 Å². The fourth-order valence-corrected chi connectivity index (χ4v) is 2.98. The smallest absolute Gasteiger partial charge is 0.187 e. The van der Waals surface area contributed by atoms with Crippen LogP contribution in [0.5, 0.6) is 5.75 Å². The van der Waals surface area contributed by atoms with Gasteiger partial charge in [-0.05, 0) is 31.2 Å².